The van der Waals surface area contributed by atoms with Crippen LogP contribution in [0.2, 0.25) is 6.55 Å². The molecule has 0 aliphatic carbocycles. The molecule has 2 nitrogen and oxygen atoms in total. The summed E-state index contributed by atoms with van der Waals surface area (Å²) >= 11 is 0. The first-order valence-corrected chi connectivity index (χ1v) is 6.08. The second-order valence-corrected chi connectivity index (χ2v) is 3.72. The highest BCUT2D eigenvalue weighted by molar-refractivity contribution is 6.33. The summed E-state index contributed by atoms with van der Waals surface area (Å²) in [7, 11) is 0.0781. The maximum absolute atomic E-state index is 5.39. The van der Waals surface area contributed by atoms with Gasteiger partial charge in [-0.15, -0.1) is 0 Å². The minimum Gasteiger partial charge on any atom is -0.357 e. The maximum atomic E-state index is 5.39. The van der Waals surface area contributed by atoms with Crippen molar-refractivity contribution in [2.24, 2.45) is 0 Å². The quantitative estimate of drug-likeness (QED) is 0.534. The molecule has 0 N–H and O–H groups in total. The van der Waals surface area contributed by atoms with Crippen LogP contribution in [-0.2, 0) is 9.47 Å². The first-order chi connectivity index (χ1) is 4.43. The van der Waals surface area contributed by atoms with Gasteiger partial charge in [0.2, 0.25) is 0 Å². The van der Waals surface area contributed by atoms with E-state index in [0.29, 0.717) is 0 Å². The van der Waals surface area contributed by atoms with Gasteiger partial charge in [-0.3, -0.25) is 0 Å². The summed E-state index contributed by atoms with van der Waals surface area (Å²) in [6.45, 7) is 3.14. The largest absolute Gasteiger partial charge is 0.357 e. The van der Waals surface area contributed by atoms with E-state index in [0.717, 1.165) is 19.3 Å². The van der Waals surface area contributed by atoms with Crippen LogP contribution in [0, 0.1) is 0 Å². The summed E-state index contributed by atoms with van der Waals surface area (Å²) in [6.07, 6.45) is 3.41. The van der Waals surface area contributed by atoms with Crippen molar-refractivity contribution in [1.29, 1.82) is 0 Å². The Kier molecular flexibility index (Phi) is 3.25. The molecule has 0 aromatic carbocycles. The van der Waals surface area contributed by atoms with E-state index in [-0.39, 0.29) is 15.8 Å². The van der Waals surface area contributed by atoms with E-state index in [1.807, 2.05) is 0 Å². The number of rotatable bonds is 3. The van der Waals surface area contributed by atoms with Crippen molar-refractivity contribution in [2.75, 3.05) is 12.8 Å². The third kappa shape index (κ3) is 2.47. The van der Waals surface area contributed by atoms with Crippen LogP contribution in [0.25, 0.3) is 0 Å². The molecule has 3 heteroatoms. The van der Waals surface area contributed by atoms with Gasteiger partial charge < -0.3 is 9.47 Å². The van der Waals surface area contributed by atoms with Gasteiger partial charge in [0, 0.05) is 28.8 Å². The van der Waals surface area contributed by atoms with E-state index >= 15 is 0 Å². The Morgan fingerprint density at radius 2 is 2.67 bits per heavy atom. The van der Waals surface area contributed by atoms with Crippen LogP contribution in [0.4, 0.5) is 0 Å². The Labute approximate surface area is 58.4 Å². The first-order valence-electron chi connectivity index (χ1n) is 3.66. The van der Waals surface area contributed by atoms with E-state index < -0.39 is 0 Å². The van der Waals surface area contributed by atoms with Crippen LogP contribution < -0.4 is 0 Å². The lowest BCUT2D eigenvalue weighted by Crippen LogP contribution is -2.13. The van der Waals surface area contributed by atoms with Crippen molar-refractivity contribution in [3.8, 4) is 0 Å². The maximum Gasteiger partial charge on any atom is 0.157 e. The van der Waals surface area contributed by atoms with Crippen molar-refractivity contribution >= 4 is 9.52 Å². The Hall–Kier alpha value is 0.137. The normalized spacial score (nSPS) is 28.3. The van der Waals surface area contributed by atoms with Crippen molar-refractivity contribution in [3.05, 3.63) is 0 Å². The van der Waals surface area contributed by atoms with E-state index in [1.165, 1.54) is 6.42 Å². The molecular formula is C6H14O2Si. The Bertz CT molecular complexity index is 71.5. The molecule has 1 heterocycles. The lowest BCUT2D eigenvalue weighted by Gasteiger charge is -2.08. The molecule has 0 amide bonds. The highest BCUT2D eigenvalue weighted by Crippen LogP contribution is 2.12. The lowest BCUT2D eigenvalue weighted by molar-refractivity contribution is -0.0959. The summed E-state index contributed by atoms with van der Waals surface area (Å²) < 4.78 is 10.6. The zero-order valence-electron chi connectivity index (χ0n) is 5.93. The minimum atomic E-state index is 0.0781. The van der Waals surface area contributed by atoms with E-state index in [9.17, 15) is 0 Å². The molecule has 0 aromatic rings. The molecule has 1 saturated heterocycles. The van der Waals surface area contributed by atoms with Gasteiger partial charge in [-0.05, 0) is 6.42 Å². The van der Waals surface area contributed by atoms with Crippen LogP contribution in [0.5, 0.6) is 0 Å². The summed E-state index contributed by atoms with van der Waals surface area (Å²) in [5, 5.41) is 0. The highest BCUT2D eigenvalue weighted by Gasteiger charge is 2.14. The van der Waals surface area contributed by atoms with Crippen molar-refractivity contribution in [2.45, 2.75) is 25.7 Å². The minimum absolute atomic E-state index is 0.0781. The lowest BCUT2D eigenvalue weighted by atomic mass is 10.4. The van der Waals surface area contributed by atoms with Gasteiger partial charge in [-0.25, -0.2) is 0 Å². The summed E-state index contributed by atoms with van der Waals surface area (Å²) in [5.74, 6) is 0. The average molecular weight is 146 g/mol. The number of hydrogen-bond donors (Lipinski definition) is 0. The van der Waals surface area contributed by atoms with Crippen LogP contribution in [0.3, 0.4) is 0 Å². The van der Waals surface area contributed by atoms with Gasteiger partial charge in [0.1, 0.15) is 0 Å². The molecule has 0 saturated carbocycles. The number of hydrogen-bond acceptors (Lipinski definition) is 2. The monoisotopic (exact) mass is 146 g/mol. The fourth-order valence-electron chi connectivity index (χ4n) is 0.929. The molecule has 0 radical (unpaired) electrons. The summed E-state index contributed by atoms with van der Waals surface area (Å²) in [4.78, 5) is 0. The fraction of sp³-hybridized carbons (Fsp3) is 1.00. The van der Waals surface area contributed by atoms with Crippen molar-refractivity contribution in [3.63, 3.8) is 0 Å². The van der Waals surface area contributed by atoms with Gasteiger partial charge in [-0.2, -0.15) is 0 Å². The molecule has 1 unspecified atom stereocenters. The van der Waals surface area contributed by atoms with Gasteiger partial charge in [0.25, 0.3) is 0 Å². The van der Waals surface area contributed by atoms with Crippen molar-refractivity contribution in [1.82, 2.24) is 0 Å². The predicted molar refractivity (Wildman–Crippen MR) is 39.3 cm³/mol. The molecule has 0 aromatic heterocycles. The molecule has 1 aliphatic heterocycles. The van der Waals surface area contributed by atoms with Gasteiger partial charge in [0.05, 0.1) is 0 Å². The summed E-state index contributed by atoms with van der Waals surface area (Å²) in [5.41, 5.74) is 0. The standard InChI is InChI=1S/C6H14O2Si/c1-9-5-8-6-3-2-4-7-6/h6H,2-5,9H2,1H3. The zero-order valence-corrected chi connectivity index (χ0v) is 7.34. The third-order valence-corrected chi connectivity index (χ3v) is 2.04. The van der Waals surface area contributed by atoms with Crippen LogP contribution in [0.1, 0.15) is 12.8 Å². The molecule has 54 valence electrons. The van der Waals surface area contributed by atoms with E-state index in [2.05, 4.69) is 6.55 Å². The molecular weight excluding hydrogens is 132 g/mol. The Morgan fingerprint density at radius 3 is 3.22 bits per heavy atom. The topological polar surface area (TPSA) is 18.5 Å². The van der Waals surface area contributed by atoms with E-state index in [4.69, 9.17) is 9.47 Å². The Balaban J connectivity index is 1.98. The summed E-state index contributed by atoms with van der Waals surface area (Å²) in [6, 6.07) is 0. The van der Waals surface area contributed by atoms with Crippen molar-refractivity contribution < 1.29 is 9.47 Å². The molecule has 9 heavy (non-hydrogen) atoms. The zero-order chi connectivity index (χ0) is 6.53. The van der Waals surface area contributed by atoms with Crippen LogP contribution >= 0.6 is 0 Å². The average Bonchev–Trinajstić information content (AvgIpc) is 2.34. The van der Waals surface area contributed by atoms with Gasteiger partial charge in [0.15, 0.2) is 6.29 Å². The molecule has 1 fully saturated rings. The predicted octanol–water partition coefficient (Wildman–Crippen LogP) is 0.314. The van der Waals surface area contributed by atoms with Gasteiger partial charge in [-0.1, -0.05) is 6.55 Å². The SMILES string of the molecule is C[SiH2]COC1CCCO1. The second kappa shape index (κ2) is 4.03. The molecule has 0 bridgehead atoms. The molecule has 1 rings (SSSR count). The van der Waals surface area contributed by atoms with Crippen LogP contribution in [-0.4, -0.2) is 28.6 Å². The smallest absolute Gasteiger partial charge is 0.157 e. The highest BCUT2D eigenvalue weighted by atomic mass is 28.2. The van der Waals surface area contributed by atoms with Gasteiger partial charge >= 0.3 is 0 Å². The Morgan fingerprint density at radius 1 is 1.78 bits per heavy atom. The molecule has 1 aliphatic rings. The second-order valence-electron chi connectivity index (χ2n) is 2.31. The van der Waals surface area contributed by atoms with E-state index in [1.54, 1.807) is 0 Å². The molecule has 0 spiro atoms. The number of ether oxygens (including phenoxy) is 2. The first kappa shape index (κ1) is 7.25. The fourth-order valence-corrected chi connectivity index (χ4v) is 1.43. The van der Waals surface area contributed by atoms with Crippen LogP contribution in [0.15, 0.2) is 0 Å². The molecule has 1 atom stereocenters. The third-order valence-electron chi connectivity index (χ3n) is 1.40.